The lowest BCUT2D eigenvalue weighted by Gasteiger charge is -1.99. The highest BCUT2D eigenvalue weighted by Gasteiger charge is 2.31. The molecule has 0 spiro atoms. The van der Waals surface area contributed by atoms with Crippen molar-refractivity contribution in [2.24, 2.45) is 0 Å². The molecule has 1 rings (SSSR count). The second kappa shape index (κ2) is 2.02. The topological polar surface area (TPSA) is 0 Å². The van der Waals surface area contributed by atoms with Crippen molar-refractivity contribution >= 4 is 11.3 Å². The van der Waals surface area contributed by atoms with Gasteiger partial charge in [0.15, 0.2) is 0 Å². The molecule has 0 N–H and O–H groups in total. The molecule has 0 bridgehead atoms. The third-order valence-corrected chi connectivity index (χ3v) is 1.60. The van der Waals surface area contributed by atoms with E-state index in [1.807, 2.05) is 0 Å². The molecule has 1 aromatic rings. The summed E-state index contributed by atoms with van der Waals surface area (Å²) in [4.78, 5) is -0.595. The number of rotatable bonds is 0. The van der Waals surface area contributed by atoms with Gasteiger partial charge in [0.1, 0.15) is 4.88 Å². The van der Waals surface area contributed by atoms with Gasteiger partial charge in [-0.2, -0.15) is 13.2 Å². The Morgan fingerprint density at radius 1 is 1.44 bits per heavy atom. The van der Waals surface area contributed by atoms with Crippen molar-refractivity contribution in [2.45, 2.75) is 6.18 Å². The summed E-state index contributed by atoms with van der Waals surface area (Å²) >= 11 is 0.649. The Morgan fingerprint density at radius 2 is 2.11 bits per heavy atom. The molecule has 0 saturated carbocycles. The average molecular weight is 151 g/mol. The van der Waals surface area contributed by atoms with E-state index < -0.39 is 11.1 Å². The summed E-state index contributed by atoms with van der Waals surface area (Å²) in [6, 6.07) is 3.27. The van der Waals surface area contributed by atoms with E-state index in [4.69, 9.17) is 0 Å². The van der Waals surface area contributed by atoms with E-state index in [2.05, 4.69) is 6.07 Å². The molecule has 0 saturated heterocycles. The smallest absolute Gasteiger partial charge is 0.165 e. The quantitative estimate of drug-likeness (QED) is 0.534. The van der Waals surface area contributed by atoms with Crippen LogP contribution in [0.25, 0.3) is 0 Å². The van der Waals surface area contributed by atoms with E-state index in [0.717, 1.165) is 6.07 Å². The Hall–Kier alpha value is -0.510. The molecule has 0 fully saturated rings. The largest absolute Gasteiger partial charge is 0.425 e. The molecule has 1 aromatic heterocycles. The van der Waals surface area contributed by atoms with E-state index in [1.54, 1.807) is 0 Å². The Morgan fingerprint density at radius 3 is 2.33 bits per heavy atom. The van der Waals surface area contributed by atoms with Crippen LogP contribution in [0.1, 0.15) is 4.88 Å². The zero-order chi connectivity index (χ0) is 6.91. The van der Waals surface area contributed by atoms with Gasteiger partial charge >= 0.3 is 6.18 Å². The third kappa shape index (κ3) is 1.45. The molecule has 0 aliphatic heterocycles. The Kier molecular flexibility index (Phi) is 1.48. The number of alkyl halides is 3. The standard InChI is InChI=1S/C5H2F3S/c6-5(7,8)4-2-1-3-9-4/h2-3H. The molecule has 49 valence electrons. The second-order valence-corrected chi connectivity index (χ2v) is 2.32. The first kappa shape index (κ1) is 6.61. The van der Waals surface area contributed by atoms with Crippen molar-refractivity contribution in [3.05, 3.63) is 22.4 Å². The van der Waals surface area contributed by atoms with E-state index in [-0.39, 0.29) is 0 Å². The van der Waals surface area contributed by atoms with Crippen molar-refractivity contribution in [3.8, 4) is 0 Å². The highest BCUT2D eigenvalue weighted by Crippen LogP contribution is 2.31. The lowest BCUT2D eigenvalue weighted by Crippen LogP contribution is -2.00. The fourth-order valence-corrected chi connectivity index (χ4v) is 0.923. The highest BCUT2D eigenvalue weighted by atomic mass is 32.1. The van der Waals surface area contributed by atoms with Crippen molar-refractivity contribution in [1.29, 1.82) is 0 Å². The molecular weight excluding hydrogens is 149 g/mol. The number of thiophene rings is 1. The van der Waals surface area contributed by atoms with E-state index in [1.165, 1.54) is 5.38 Å². The van der Waals surface area contributed by atoms with Crippen molar-refractivity contribution in [3.63, 3.8) is 0 Å². The van der Waals surface area contributed by atoms with Crippen LogP contribution in [0.2, 0.25) is 0 Å². The molecule has 1 heterocycles. The first-order chi connectivity index (χ1) is 4.11. The molecule has 0 amide bonds. The van der Waals surface area contributed by atoms with Gasteiger partial charge in [-0.05, 0) is 17.5 Å². The minimum atomic E-state index is -4.19. The van der Waals surface area contributed by atoms with Crippen LogP contribution in [-0.4, -0.2) is 0 Å². The van der Waals surface area contributed by atoms with Crippen LogP contribution in [0, 0.1) is 6.07 Å². The summed E-state index contributed by atoms with van der Waals surface area (Å²) in [6.07, 6.45) is -4.19. The lowest BCUT2D eigenvalue weighted by molar-refractivity contribution is -0.134. The SMILES string of the molecule is FC(F)(F)c1c[c]cs1. The van der Waals surface area contributed by atoms with Crippen LogP contribution in [-0.2, 0) is 6.18 Å². The number of hydrogen-bond donors (Lipinski definition) is 0. The molecular formula is C5H2F3S. The summed E-state index contributed by atoms with van der Waals surface area (Å²) in [5.74, 6) is 0. The van der Waals surface area contributed by atoms with Gasteiger partial charge in [-0.15, -0.1) is 11.3 Å². The molecule has 0 aliphatic carbocycles. The molecule has 9 heavy (non-hydrogen) atoms. The Labute approximate surface area is 53.9 Å². The van der Waals surface area contributed by atoms with Crippen LogP contribution in [0.5, 0.6) is 0 Å². The van der Waals surface area contributed by atoms with Crippen LogP contribution < -0.4 is 0 Å². The maximum atomic E-state index is 11.6. The summed E-state index contributed by atoms with van der Waals surface area (Å²) in [5, 5.41) is 1.28. The third-order valence-electron chi connectivity index (χ3n) is 0.748. The summed E-state index contributed by atoms with van der Waals surface area (Å²) in [7, 11) is 0. The van der Waals surface area contributed by atoms with Gasteiger partial charge < -0.3 is 0 Å². The van der Waals surface area contributed by atoms with Gasteiger partial charge in [0.05, 0.1) is 0 Å². The van der Waals surface area contributed by atoms with Crippen LogP contribution in [0.3, 0.4) is 0 Å². The minimum absolute atomic E-state index is 0.595. The number of halogens is 3. The Balaban J connectivity index is 2.90. The second-order valence-electron chi connectivity index (χ2n) is 1.41. The summed E-state index contributed by atoms with van der Waals surface area (Å²) < 4.78 is 34.8. The molecule has 0 nitrogen and oxygen atoms in total. The lowest BCUT2D eigenvalue weighted by atomic mass is 10.5. The minimum Gasteiger partial charge on any atom is -0.165 e. The molecule has 1 radical (unpaired) electrons. The predicted molar refractivity (Wildman–Crippen MR) is 28.2 cm³/mol. The maximum absolute atomic E-state index is 11.6. The fourth-order valence-electron chi connectivity index (χ4n) is 0.390. The monoisotopic (exact) mass is 151 g/mol. The van der Waals surface area contributed by atoms with Crippen LogP contribution in [0.4, 0.5) is 13.2 Å². The van der Waals surface area contributed by atoms with E-state index in [0.29, 0.717) is 11.3 Å². The first-order valence-corrected chi connectivity index (χ1v) is 3.00. The van der Waals surface area contributed by atoms with Crippen molar-refractivity contribution in [1.82, 2.24) is 0 Å². The fraction of sp³-hybridized carbons (Fsp3) is 0.200. The highest BCUT2D eigenvalue weighted by molar-refractivity contribution is 7.10. The summed E-state index contributed by atoms with van der Waals surface area (Å²) in [6.45, 7) is 0. The maximum Gasteiger partial charge on any atom is 0.425 e. The normalized spacial score (nSPS) is 11.9. The zero-order valence-electron chi connectivity index (χ0n) is 4.20. The van der Waals surface area contributed by atoms with Gasteiger partial charge in [-0.1, -0.05) is 0 Å². The van der Waals surface area contributed by atoms with Crippen LogP contribution in [0.15, 0.2) is 11.4 Å². The van der Waals surface area contributed by atoms with Gasteiger partial charge in [0.25, 0.3) is 0 Å². The summed E-state index contributed by atoms with van der Waals surface area (Å²) in [5.41, 5.74) is 0. The molecule has 0 atom stereocenters. The molecule has 4 heteroatoms. The average Bonchev–Trinajstić information content (AvgIpc) is 2.08. The predicted octanol–water partition coefficient (Wildman–Crippen LogP) is 2.57. The zero-order valence-corrected chi connectivity index (χ0v) is 5.01. The van der Waals surface area contributed by atoms with Crippen molar-refractivity contribution < 1.29 is 13.2 Å². The van der Waals surface area contributed by atoms with Crippen molar-refractivity contribution in [2.75, 3.05) is 0 Å². The molecule has 0 aromatic carbocycles. The molecule has 0 unspecified atom stereocenters. The van der Waals surface area contributed by atoms with Gasteiger partial charge in [0.2, 0.25) is 0 Å². The van der Waals surface area contributed by atoms with Crippen LogP contribution >= 0.6 is 11.3 Å². The molecule has 0 aliphatic rings. The van der Waals surface area contributed by atoms with Gasteiger partial charge in [-0.3, -0.25) is 0 Å². The van der Waals surface area contributed by atoms with E-state index >= 15 is 0 Å². The first-order valence-electron chi connectivity index (χ1n) is 2.12. The van der Waals surface area contributed by atoms with Gasteiger partial charge in [0, 0.05) is 0 Å². The Bertz CT molecular complexity index is 175. The number of hydrogen-bond acceptors (Lipinski definition) is 1. The van der Waals surface area contributed by atoms with Gasteiger partial charge in [-0.25, -0.2) is 0 Å². The van der Waals surface area contributed by atoms with E-state index in [9.17, 15) is 13.2 Å².